The van der Waals surface area contributed by atoms with E-state index in [1.54, 1.807) is 0 Å². The van der Waals surface area contributed by atoms with Crippen molar-refractivity contribution in [3.63, 3.8) is 0 Å². The van der Waals surface area contributed by atoms with Crippen LogP contribution in [0.15, 0.2) is 140 Å². The number of fused-ring (bicyclic) bond motifs is 4. The van der Waals surface area contributed by atoms with E-state index in [4.69, 9.17) is 9.97 Å². The summed E-state index contributed by atoms with van der Waals surface area (Å²) in [6.45, 7) is 0. The quantitative estimate of drug-likeness (QED) is 0.217. The first-order valence-electron chi connectivity index (χ1n) is 13.9. The van der Waals surface area contributed by atoms with Gasteiger partial charge < -0.3 is 0 Å². The summed E-state index contributed by atoms with van der Waals surface area (Å²) in [6, 6.07) is 49.4. The molecule has 0 saturated carbocycles. The molecule has 3 nitrogen and oxygen atoms in total. The van der Waals surface area contributed by atoms with E-state index in [-0.39, 0.29) is 0 Å². The van der Waals surface area contributed by atoms with Gasteiger partial charge in [-0.15, -0.1) is 0 Å². The van der Waals surface area contributed by atoms with Crippen LogP contribution in [0.2, 0.25) is 0 Å². The van der Waals surface area contributed by atoms with Gasteiger partial charge in [0, 0.05) is 21.9 Å². The van der Waals surface area contributed by atoms with Crippen molar-refractivity contribution < 1.29 is 0 Å². The second-order valence-corrected chi connectivity index (χ2v) is 10.6. The summed E-state index contributed by atoms with van der Waals surface area (Å²) in [6.07, 6.45) is 0. The van der Waals surface area contributed by atoms with Crippen LogP contribution in [0.3, 0.4) is 0 Å². The Balaban J connectivity index is 1.44. The molecule has 0 aliphatic carbocycles. The van der Waals surface area contributed by atoms with Gasteiger partial charge in [0.1, 0.15) is 0 Å². The van der Waals surface area contributed by atoms with Gasteiger partial charge in [0.2, 0.25) is 5.95 Å². The zero-order valence-corrected chi connectivity index (χ0v) is 22.1. The lowest BCUT2D eigenvalue weighted by atomic mass is 9.92. The largest absolute Gasteiger partial charge is 0.278 e. The molecule has 0 saturated heterocycles. The van der Waals surface area contributed by atoms with Crippen LogP contribution >= 0.6 is 0 Å². The van der Waals surface area contributed by atoms with Crippen LogP contribution in [0.1, 0.15) is 0 Å². The molecule has 41 heavy (non-hydrogen) atoms. The highest BCUT2D eigenvalue weighted by molar-refractivity contribution is 6.32. The highest BCUT2D eigenvalue weighted by atomic mass is 15.2. The summed E-state index contributed by atoms with van der Waals surface area (Å²) in [5, 5.41) is 10.1. The van der Waals surface area contributed by atoms with Gasteiger partial charge in [0.15, 0.2) is 0 Å². The molecule has 0 radical (unpaired) electrons. The standard InChI is InChI=1S/C38H23N3/c1-3-10-24(11-4-1)31-23-32(25-12-5-2-6-13-25)40-38(39-31)41-33-17-8-7-16-29(33)37-30-21-20-27-15-9-14-26-18-19-28(22-34(37)41)36(30)35(26)27/h1-23H. The molecule has 9 rings (SSSR count). The lowest BCUT2D eigenvalue weighted by Crippen LogP contribution is -2.04. The third kappa shape index (κ3) is 3.26. The van der Waals surface area contributed by atoms with Crippen LogP contribution in [0.25, 0.3) is 82.6 Å². The molecule has 3 heteroatoms. The second-order valence-electron chi connectivity index (χ2n) is 10.6. The van der Waals surface area contributed by atoms with Crippen molar-refractivity contribution in [3.05, 3.63) is 140 Å². The molecule has 2 heterocycles. The molecule has 0 bridgehead atoms. The van der Waals surface area contributed by atoms with Crippen molar-refractivity contribution in [2.24, 2.45) is 0 Å². The van der Waals surface area contributed by atoms with Crippen LogP contribution in [0, 0.1) is 0 Å². The average Bonchev–Trinajstić information content (AvgIpc) is 3.38. The molecule has 0 N–H and O–H groups in total. The fourth-order valence-electron chi connectivity index (χ4n) is 6.53. The Kier molecular flexibility index (Phi) is 4.61. The molecule has 9 aromatic rings. The minimum atomic E-state index is 0.671. The minimum Gasteiger partial charge on any atom is -0.278 e. The number of para-hydroxylation sites is 1. The molecule has 0 atom stereocenters. The van der Waals surface area contributed by atoms with Crippen molar-refractivity contribution in [3.8, 4) is 28.5 Å². The normalized spacial score (nSPS) is 11.9. The summed E-state index contributed by atoms with van der Waals surface area (Å²) in [7, 11) is 0. The van der Waals surface area contributed by atoms with Gasteiger partial charge in [0.25, 0.3) is 0 Å². The van der Waals surface area contributed by atoms with Crippen LogP contribution in [0.5, 0.6) is 0 Å². The molecule has 0 unspecified atom stereocenters. The molecule has 190 valence electrons. The number of nitrogens with zero attached hydrogens (tertiary/aromatic N) is 3. The van der Waals surface area contributed by atoms with E-state index in [1.165, 1.54) is 43.1 Å². The van der Waals surface area contributed by atoms with E-state index in [0.29, 0.717) is 5.95 Å². The number of hydrogen-bond acceptors (Lipinski definition) is 2. The first-order chi connectivity index (χ1) is 20.3. The van der Waals surface area contributed by atoms with Crippen molar-refractivity contribution in [1.82, 2.24) is 14.5 Å². The molecule has 7 aromatic carbocycles. The van der Waals surface area contributed by atoms with Crippen LogP contribution in [-0.4, -0.2) is 14.5 Å². The van der Waals surface area contributed by atoms with Gasteiger partial charge in [-0.1, -0.05) is 121 Å². The second kappa shape index (κ2) is 8.48. The van der Waals surface area contributed by atoms with Crippen molar-refractivity contribution >= 4 is 54.1 Å². The van der Waals surface area contributed by atoms with E-state index in [1.807, 2.05) is 12.1 Å². The van der Waals surface area contributed by atoms with Crippen molar-refractivity contribution in [2.75, 3.05) is 0 Å². The van der Waals surface area contributed by atoms with E-state index in [0.717, 1.165) is 33.5 Å². The predicted octanol–water partition coefficient (Wildman–Crippen LogP) is 9.81. The Labute approximate surface area is 236 Å². The Morgan fingerprint density at radius 3 is 1.71 bits per heavy atom. The lowest BCUT2D eigenvalue weighted by molar-refractivity contribution is 0.996. The highest BCUT2D eigenvalue weighted by Crippen LogP contribution is 2.43. The maximum absolute atomic E-state index is 5.20. The molecular weight excluding hydrogens is 498 g/mol. The van der Waals surface area contributed by atoms with E-state index >= 15 is 0 Å². The van der Waals surface area contributed by atoms with E-state index in [9.17, 15) is 0 Å². The highest BCUT2D eigenvalue weighted by Gasteiger charge is 2.20. The van der Waals surface area contributed by atoms with Gasteiger partial charge in [0.05, 0.1) is 22.4 Å². The first-order valence-corrected chi connectivity index (χ1v) is 13.9. The number of aromatic nitrogens is 3. The van der Waals surface area contributed by atoms with Crippen LogP contribution in [0.4, 0.5) is 0 Å². The Hall–Kier alpha value is -5.54. The van der Waals surface area contributed by atoms with Gasteiger partial charge in [-0.2, -0.15) is 0 Å². The first kappa shape index (κ1) is 22.3. The zero-order valence-electron chi connectivity index (χ0n) is 22.1. The number of rotatable bonds is 3. The maximum Gasteiger partial charge on any atom is 0.235 e. The molecular formula is C38H23N3. The predicted molar refractivity (Wildman–Crippen MR) is 171 cm³/mol. The summed E-state index contributed by atoms with van der Waals surface area (Å²) in [5.41, 5.74) is 6.15. The molecule has 2 aromatic heterocycles. The third-order valence-corrected chi connectivity index (χ3v) is 8.34. The number of benzene rings is 7. The minimum absolute atomic E-state index is 0.671. The summed E-state index contributed by atoms with van der Waals surface area (Å²) in [4.78, 5) is 10.4. The van der Waals surface area contributed by atoms with Gasteiger partial charge in [-0.25, -0.2) is 9.97 Å². The monoisotopic (exact) mass is 521 g/mol. The summed E-state index contributed by atoms with van der Waals surface area (Å²) >= 11 is 0. The maximum atomic E-state index is 5.20. The Morgan fingerprint density at radius 1 is 0.390 bits per heavy atom. The molecule has 0 amide bonds. The van der Waals surface area contributed by atoms with Crippen LogP contribution < -0.4 is 0 Å². The SMILES string of the molecule is c1ccc(-c2cc(-c3ccccc3)nc(-n3c4ccccc4c4c5ccc6cccc7ccc(cc43)c5c76)n2)cc1. The smallest absolute Gasteiger partial charge is 0.235 e. The third-order valence-electron chi connectivity index (χ3n) is 8.34. The number of hydrogen-bond donors (Lipinski definition) is 0. The molecule has 0 fully saturated rings. The Morgan fingerprint density at radius 2 is 1.00 bits per heavy atom. The van der Waals surface area contributed by atoms with E-state index < -0.39 is 0 Å². The summed E-state index contributed by atoms with van der Waals surface area (Å²) in [5.74, 6) is 0.671. The zero-order chi connectivity index (χ0) is 26.9. The lowest BCUT2D eigenvalue weighted by Gasteiger charge is -2.14. The van der Waals surface area contributed by atoms with Crippen molar-refractivity contribution in [2.45, 2.75) is 0 Å². The van der Waals surface area contributed by atoms with E-state index in [2.05, 4.69) is 132 Å². The van der Waals surface area contributed by atoms with Crippen LogP contribution in [-0.2, 0) is 0 Å². The van der Waals surface area contributed by atoms with Gasteiger partial charge >= 0.3 is 0 Å². The molecule has 0 aliphatic rings. The van der Waals surface area contributed by atoms with Gasteiger partial charge in [-0.3, -0.25) is 4.57 Å². The molecule has 0 spiro atoms. The molecule has 0 aliphatic heterocycles. The fraction of sp³-hybridized carbons (Fsp3) is 0. The Bertz CT molecular complexity index is 2330. The fourth-order valence-corrected chi connectivity index (χ4v) is 6.53. The van der Waals surface area contributed by atoms with Crippen molar-refractivity contribution in [1.29, 1.82) is 0 Å². The van der Waals surface area contributed by atoms with Gasteiger partial charge in [-0.05, 0) is 50.5 Å². The summed E-state index contributed by atoms with van der Waals surface area (Å²) < 4.78 is 2.25. The topological polar surface area (TPSA) is 30.7 Å². The average molecular weight is 522 g/mol.